The van der Waals surface area contributed by atoms with Crippen molar-refractivity contribution in [3.63, 3.8) is 0 Å². The van der Waals surface area contributed by atoms with Crippen molar-refractivity contribution in [2.45, 2.75) is 64.1 Å². The Bertz CT molecular complexity index is 656. The summed E-state index contributed by atoms with van der Waals surface area (Å²) in [5.74, 6) is 1.78. The number of ether oxygens (including phenoxy) is 1. The molecule has 0 unspecified atom stereocenters. The zero-order valence-corrected chi connectivity index (χ0v) is 13.8. The number of fused-ring (bicyclic) bond motifs is 1. The standard InChI is InChI=1S/C17H25N5O/c1-13-11-16(22-17(20-13)18-12-19-22)21-9-7-15(8-10-21)23-14-5-3-2-4-6-14/h11-12,14-15H,2-10H2,1H3. The normalized spacial score (nSPS) is 21.2. The van der Waals surface area contributed by atoms with E-state index in [0.717, 1.165) is 37.4 Å². The lowest BCUT2D eigenvalue weighted by molar-refractivity contribution is -0.0395. The molecule has 0 radical (unpaired) electrons. The molecule has 0 amide bonds. The minimum Gasteiger partial charge on any atom is -0.375 e. The molecule has 23 heavy (non-hydrogen) atoms. The fourth-order valence-corrected chi connectivity index (χ4v) is 3.83. The molecule has 1 saturated carbocycles. The molecule has 2 fully saturated rings. The molecule has 6 nitrogen and oxygen atoms in total. The Hall–Kier alpha value is -1.69. The molecule has 2 aromatic heterocycles. The highest BCUT2D eigenvalue weighted by molar-refractivity contribution is 5.47. The van der Waals surface area contributed by atoms with Crippen molar-refractivity contribution in [3.8, 4) is 0 Å². The zero-order chi connectivity index (χ0) is 15.6. The second-order valence-electron chi connectivity index (χ2n) is 6.81. The first-order valence-corrected chi connectivity index (χ1v) is 8.87. The van der Waals surface area contributed by atoms with Crippen LogP contribution in [0.4, 0.5) is 5.82 Å². The van der Waals surface area contributed by atoms with Crippen LogP contribution < -0.4 is 4.90 Å². The molecule has 0 spiro atoms. The third-order valence-corrected chi connectivity index (χ3v) is 5.06. The Balaban J connectivity index is 1.41. The van der Waals surface area contributed by atoms with Crippen molar-refractivity contribution < 1.29 is 4.74 Å². The summed E-state index contributed by atoms with van der Waals surface area (Å²) in [6, 6.07) is 2.10. The summed E-state index contributed by atoms with van der Waals surface area (Å²) in [6.45, 7) is 4.03. The summed E-state index contributed by atoms with van der Waals surface area (Å²) < 4.78 is 8.18. The number of rotatable bonds is 3. The minimum atomic E-state index is 0.420. The van der Waals surface area contributed by atoms with Crippen LogP contribution in [0.5, 0.6) is 0 Å². The van der Waals surface area contributed by atoms with E-state index in [4.69, 9.17) is 4.74 Å². The second kappa shape index (κ2) is 6.43. The molecule has 0 N–H and O–H groups in total. The number of hydrogen-bond donors (Lipinski definition) is 0. The average molecular weight is 315 g/mol. The molecule has 1 saturated heterocycles. The van der Waals surface area contributed by atoms with Crippen LogP contribution in [0.1, 0.15) is 50.6 Å². The molecular weight excluding hydrogens is 290 g/mol. The zero-order valence-electron chi connectivity index (χ0n) is 13.8. The fraction of sp³-hybridized carbons (Fsp3) is 0.706. The van der Waals surface area contributed by atoms with Crippen LogP contribution in [0.25, 0.3) is 5.78 Å². The monoisotopic (exact) mass is 315 g/mol. The van der Waals surface area contributed by atoms with Gasteiger partial charge in [0.25, 0.3) is 5.78 Å². The van der Waals surface area contributed by atoms with Gasteiger partial charge in [0.15, 0.2) is 0 Å². The predicted octanol–water partition coefficient (Wildman–Crippen LogP) is 2.75. The molecule has 124 valence electrons. The molecule has 6 heteroatoms. The second-order valence-corrected chi connectivity index (χ2v) is 6.81. The summed E-state index contributed by atoms with van der Waals surface area (Å²) in [7, 11) is 0. The van der Waals surface area contributed by atoms with Crippen LogP contribution in [0.2, 0.25) is 0 Å². The van der Waals surface area contributed by atoms with Gasteiger partial charge < -0.3 is 9.64 Å². The van der Waals surface area contributed by atoms with Gasteiger partial charge in [-0.05, 0) is 32.6 Å². The summed E-state index contributed by atoms with van der Waals surface area (Å²) in [5, 5.41) is 4.32. The van der Waals surface area contributed by atoms with Crippen molar-refractivity contribution in [1.29, 1.82) is 0 Å². The van der Waals surface area contributed by atoms with Crippen LogP contribution in [-0.4, -0.2) is 44.9 Å². The highest BCUT2D eigenvalue weighted by Gasteiger charge is 2.25. The maximum Gasteiger partial charge on any atom is 0.254 e. The summed E-state index contributed by atoms with van der Waals surface area (Å²) in [4.78, 5) is 11.0. The van der Waals surface area contributed by atoms with Crippen molar-refractivity contribution in [2.24, 2.45) is 0 Å². The van der Waals surface area contributed by atoms with Gasteiger partial charge in [-0.15, -0.1) is 0 Å². The van der Waals surface area contributed by atoms with Crippen LogP contribution in [-0.2, 0) is 4.74 Å². The van der Waals surface area contributed by atoms with Crippen molar-refractivity contribution in [1.82, 2.24) is 19.6 Å². The molecule has 1 aliphatic carbocycles. The Morgan fingerprint density at radius 1 is 1.04 bits per heavy atom. The van der Waals surface area contributed by atoms with Gasteiger partial charge in [-0.1, -0.05) is 19.3 Å². The van der Waals surface area contributed by atoms with Gasteiger partial charge in [-0.2, -0.15) is 14.6 Å². The maximum absolute atomic E-state index is 6.34. The van der Waals surface area contributed by atoms with E-state index in [1.807, 2.05) is 11.4 Å². The lowest BCUT2D eigenvalue weighted by atomic mass is 9.97. The Morgan fingerprint density at radius 2 is 1.78 bits per heavy atom. The van der Waals surface area contributed by atoms with E-state index >= 15 is 0 Å². The smallest absolute Gasteiger partial charge is 0.254 e. The van der Waals surface area contributed by atoms with Gasteiger partial charge >= 0.3 is 0 Å². The van der Waals surface area contributed by atoms with E-state index in [-0.39, 0.29) is 0 Å². The third-order valence-electron chi connectivity index (χ3n) is 5.06. The number of piperidine rings is 1. The molecule has 4 rings (SSSR count). The van der Waals surface area contributed by atoms with Crippen LogP contribution in [0, 0.1) is 6.92 Å². The van der Waals surface area contributed by atoms with E-state index in [2.05, 4.69) is 26.0 Å². The van der Waals surface area contributed by atoms with Crippen molar-refractivity contribution in [3.05, 3.63) is 18.1 Å². The van der Waals surface area contributed by atoms with E-state index < -0.39 is 0 Å². The van der Waals surface area contributed by atoms with Crippen LogP contribution >= 0.6 is 0 Å². The number of aromatic nitrogens is 4. The first-order chi connectivity index (χ1) is 11.3. The largest absolute Gasteiger partial charge is 0.375 e. The molecule has 0 bridgehead atoms. The first kappa shape index (κ1) is 14.9. The van der Waals surface area contributed by atoms with Gasteiger partial charge in [0.2, 0.25) is 0 Å². The SMILES string of the molecule is Cc1cc(N2CCC(OC3CCCCC3)CC2)n2ncnc2n1. The Kier molecular flexibility index (Phi) is 4.16. The maximum atomic E-state index is 6.34. The van der Waals surface area contributed by atoms with E-state index in [1.165, 1.54) is 32.1 Å². The molecule has 1 aliphatic heterocycles. The number of aryl methyl sites for hydroxylation is 1. The van der Waals surface area contributed by atoms with Gasteiger partial charge in [0.05, 0.1) is 12.2 Å². The first-order valence-electron chi connectivity index (χ1n) is 8.87. The average Bonchev–Trinajstić information content (AvgIpc) is 3.04. The lowest BCUT2D eigenvalue weighted by Gasteiger charge is -2.35. The summed E-state index contributed by atoms with van der Waals surface area (Å²) in [5.41, 5.74) is 0.987. The highest BCUT2D eigenvalue weighted by atomic mass is 16.5. The topological polar surface area (TPSA) is 55.6 Å². The van der Waals surface area contributed by atoms with E-state index in [0.29, 0.717) is 18.0 Å². The number of nitrogens with zero attached hydrogens (tertiary/aromatic N) is 5. The minimum absolute atomic E-state index is 0.420. The lowest BCUT2D eigenvalue weighted by Crippen LogP contribution is -2.39. The van der Waals surface area contributed by atoms with E-state index in [9.17, 15) is 0 Å². The molecule has 2 aromatic rings. The molecule has 3 heterocycles. The predicted molar refractivity (Wildman–Crippen MR) is 88.7 cm³/mol. The van der Waals surface area contributed by atoms with Gasteiger partial charge in [-0.3, -0.25) is 0 Å². The third kappa shape index (κ3) is 3.17. The summed E-state index contributed by atoms with van der Waals surface area (Å²) in [6.07, 6.45) is 11.2. The summed E-state index contributed by atoms with van der Waals surface area (Å²) >= 11 is 0. The molecule has 0 atom stereocenters. The molecular formula is C17H25N5O. The Morgan fingerprint density at radius 3 is 2.57 bits per heavy atom. The Labute approximate surface area is 136 Å². The molecule has 0 aromatic carbocycles. The van der Waals surface area contributed by atoms with Crippen molar-refractivity contribution >= 4 is 11.6 Å². The highest BCUT2D eigenvalue weighted by Crippen LogP contribution is 2.26. The van der Waals surface area contributed by atoms with Gasteiger partial charge in [0, 0.05) is 24.8 Å². The molecule has 2 aliphatic rings. The number of anilines is 1. The van der Waals surface area contributed by atoms with Gasteiger partial charge in [-0.25, -0.2) is 4.98 Å². The van der Waals surface area contributed by atoms with Gasteiger partial charge in [0.1, 0.15) is 12.1 Å². The quantitative estimate of drug-likeness (QED) is 0.872. The van der Waals surface area contributed by atoms with Crippen molar-refractivity contribution in [2.75, 3.05) is 18.0 Å². The van der Waals surface area contributed by atoms with Crippen LogP contribution in [0.15, 0.2) is 12.4 Å². The number of hydrogen-bond acceptors (Lipinski definition) is 5. The van der Waals surface area contributed by atoms with E-state index in [1.54, 1.807) is 6.33 Å². The van der Waals surface area contributed by atoms with Crippen LogP contribution in [0.3, 0.4) is 0 Å². The fourth-order valence-electron chi connectivity index (χ4n) is 3.83.